The molecule has 0 bridgehead atoms. The zero-order valence-electron chi connectivity index (χ0n) is 8.61. The summed E-state index contributed by atoms with van der Waals surface area (Å²) in [4.78, 5) is 11.5. The van der Waals surface area contributed by atoms with Gasteiger partial charge < -0.3 is 14.6 Å². The second-order valence-corrected chi connectivity index (χ2v) is 2.97. The van der Waals surface area contributed by atoms with Crippen LogP contribution in [0.3, 0.4) is 0 Å². The molecule has 0 aromatic carbocycles. The van der Waals surface area contributed by atoms with Crippen LogP contribution in [0.2, 0.25) is 0 Å². The molecule has 80 valence electrons. The van der Waals surface area contributed by atoms with E-state index in [2.05, 4.69) is 16.4 Å². The molecule has 1 atom stereocenters. The predicted molar refractivity (Wildman–Crippen MR) is 53.0 cm³/mol. The first-order chi connectivity index (χ1) is 7.17. The van der Waals surface area contributed by atoms with Gasteiger partial charge in [-0.2, -0.15) is 0 Å². The number of nitrogens with one attached hydrogen (secondary N) is 1. The summed E-state index contributed by atoms with van der Waals surface area (Å²) in [6.45, 7) is 1.99. The van der Waals surface area contributed by atoms with E-state index in [0.29, 0.717) is 5.76 Å². The third-order valence-electron chi connectivity index (χ3n) is 1.68. The summed E-state index contributed by atoms with van der Waals surface area (Å²) in [5.41, 5.74) is 0.198. The number of ether oxygens (including phenoxy) is 1. The van der Waals surface area contributed by atoms with E-state index in [1.165, 1.54) is 13.2 Å². The van der Waals surface area contributed by atoms with E-state index < -0.39 is 0 Å². The Labute approximate surface area is 87.8 Å². The lowest BCUT2D eigenvalue weighted by Crippen LogP contribution is -2.31. The number of hydrogen-bond acceptors (Lipinski definition) is 4. The van der Waals surface area contributed by atoms with Gasteiger partial charge in [0.1, 0.15) is 6.61 Å². The maximum atomic E-state index is 11.5. The molecule has 1 aromatic heterocycles. The Morgan fingerprint density at radius 3 is 3.20 bits per heavy atom. The van der Waals surface area contributed by atoms with E-state index in [4.69, 9.17) is 15.7 Å². The summed E-state index contributed by atoms with van der Waals surface area (Å²) in [7, 11) is 1.53. The fraction of sp³-hybridized carbons (Fsp3) is 0.400. The maximum absolute atomic E-state index is 11.5. The first kappa shape index (κ1) is 11.3. The van der Waals surface area contributed by atoms with E-state index in [1.54, 1.807) is 6.92 Å². The number of carbonyl (C=O) groups excluding carboxylic acids is 1. The fourth-order valence-corrected chi connectivity index (χ4v) is 0.943. The normalized spacial score (nSPS) is 11.8. The van der Waals surface area contributed by atoms with Crippen LogP contribution in [0.15, 0.2) is 10.6 Å². The van der Waals surface area contributed by atoms with E-state index in [-0.39, 0.29) is 24.2 Å². The summed E-state index contributed by atoms with van der Waals surface area (Å²) < 4.78 is 9.68. The van der Waals surface area contributed by atoms with E-state index in [1.807, 2.05) is 0 Å². The Balaban J connectivity index is 2.62. The average molecular weight is 208 g/mol. The standard InChI is InChI=1S/C10H12N2O3/c1-4-7(2)11-10(13)9-5-8(6-14-3)15-12-9/h1,5,7H,6H2,2-3H3,(H,11,13). The van der Waals surface area contributed by atoms with Crippen LogP contribution in [0.4, 0.5) is 0 Å². The van der Waals surface area contributed by atoms with Gasteiger partial charge in [0.05, 0.1) is 6.04 Å². The Bertz CT molecular complexity index is 378. The Hall–Kier alpha value is -1.80. The Morgan fingerprint density at radius 1 is 1.87 bits per heavy atom. The lowest BCUT2D eigenvalue weighted by molar-refractivity contribution is 0.0938. The first-order valence-electron chi connectivity index (χ1n) is 4.39. The Kier molecular flexibility index (Phi) is 3.89. The van der Waals surface area contributed by atoms with Crippen molar-refractivity contribution < 1.29 is 14.1 Å². The van der Waals surface area contributed by atoms with Gasteiger partial charge in [-0.25, -0.2) is 0 Å². The monoisotopic (exact) mass is 208 g/mol. The van der Waals surface area contributed by atoms with Gasteiger partial charge in [0, 0.05) is 13.2 Å². The van der Waals surface area contributed by atoms with Crippen molar-refractivity contribution in [2.75, 3.05) is 7.11 Å². The second kappa shape index (κ2) is 5.17. The second-order valence-electron chi connectivity index (χ2n) is 2.97. The van der Waals surface area contributed by atoms with E-state index >= 15 is 0 Å². The largest absolute Gasteiger partial charge is 0.377 e. The molecule has 1 N–H and O–H groups in total. The van der Waals surface area contributed by atoms with Gasteiger partial charge in [0.2, 0.25) is 0 Å². The van der Waals surface area contributed by atoms with Crippen molar-refractivity contribution >= 4 is 5.91 Å². The van der Waals surface area contributed by atoms with Crippen LogP contribution in [-0.4, -0.2) is 24.2 Å². The summed E-state index contributed by atoms with van der Waals surface area (Å²) in [6.07, 6.45) is 5.12. The van der Waals surface area contributed by atoms with E-state index in [0.717, 1.165) is 0 Å². The number of nitrogens with zero attached hydrogens (tertiary/aromatic N) is 1. The van der Waals surface area contributed by atoms with Gasteiger partial charge in [0.15, 0.2) is 11.5 Å². The van der Waals surface area contributed by atoms with Crippen LogP contribution < -0.4 is 5.32 Å². The number of terminal acetylenes is 1. The molecule has 0 fully saturated rings. The fourth-order valence-electron chi connectivity index (χ4n) is 0.943. The van der Waals surface area contributed by atoms with Crippen molar-refractivity contribution in [2.24, 2.45) is 0 Å². The summed E-state index contributed by atoms with van der Waals surface area (Å²) >= 11 is 0. The van der Waals surface area contributed by atoms with Crippen LogP contribution in [-0.2, 0) is 11.3 Å². The number of carbonyl (C=O) groups is 1. The minimum atomic E-state index is -0.355. The van der Waals surface area contributed by atoms with Crippen LogP contribution in [0.5, 0.6) is 0 Å². The molecule has 0 aliphatic rings. The molecule has 0 saturated heterocycles. The van der Waals surface area contributed by atoms with Crippen molar-refractivity contribution in [2.45, 2.75) is 19.6 Å². The summed E-state index contributed by atoms with van der Waals surface area (Å²) in [5.74, 6) is 2.52. The topological polar surface area (TPSA) is 64.4 Å². The highest BCUT2D eigenvalue weighted by Gasteiger charge is 2.13. The number of amides is 1. The molecule has 1 aromatic rings. The molecule has 15 heavy (non-hydrogen) atoms. The van der Waals surface area contributed by atoms with Gasteiger partial charge >= 0.3 is 0 Å². The number of aromatic nitrogens is 1. The third kappa shape index (κ3) is 3.11. The molecule has 5 nitrogen and oxygen atoms in total. The zero-order valence-corrected chi connectivity index (χ0v) is 8.61. The molecule has 0 saturated carbocycles. The van der Waals surface area contributed by atoms with Crippen molar-refractivity contribution in [3.8, 4) is 12.3 Å². The van der Waals surface area contributed by atoms with Gasteiger partial charge in [-0.15, -0.1) is 6.42 Å². The molecule has 5 heteroatoms. The Morgan fingerprint density at radius 2 is 2.60 bits per heavy atom. The number of rotatable bonds is 4. The highest BCUT2D eigenvalue weighted by Crippen LogP contribution is 2.04. The molecular formula is C10H12N2O3. The average Bonchev–Trinajstić information content (AvgIpc) is 2.67. The smallest absolute Gasteiger partial charge is 0.274 e. The summed E-state index contributed by atoms with van der Waals surface area (Å²) in [5, 5.41) is 6.15. The minimum absolute atomic E-state index is 0.198. The van der Waals surface area contributed by atoms with E-state index in [9.17, 15) is 4.79 Å². The van der Waals surface area contributed by atoms with Gasteiger partial charge in [0.25, 0.3) is 5.91 Å². The molecule has 0 spiro atoms. The van der Waals surface area contributed by atoms with Gasteiger partial charge in [-0.1, -0.05) is 11.1 Å². The maximum Gasteiger partial charge on any atom is 0.274 e. The van der Waals surface area contributed by atoms with Crippen LogP contribution in [0.1, 0.15) is 23.2 Å². The van der Waals surface area contributed by atoms with Gasteiger partial charge in [-0.3, -0.25) is 4.79 Å². The van der Waals surface area contributed by atoms with Crippen molar-refractivity contribution in [3.05, 3.63) is 17.5 Å². The van der Waals surface area contributed by atoms with Crippen molar-refractivity contribution in [1.29, 1.82) is 0 Å². The zero-order chi connectivity index (χ0) is 11.3. The molecule has 1 amide bonds. The number of hydrogen-bond donors (Lipinski definition) is 1. The molecule has 0 aliphatic carbocycles. The molecule has 1 rings (SSSR count). The van der Waals surface area contributed by atoms with Crippen LogP contribution in [0.25, 0.3) is 0 Å². The molecular weight excluding hydrogens is 196 g/mol. The van der Waals surface area contributed by atoms with Crippen molar-refractivity contribution in [3.63, 3.8) is 0 Å². The molecule has 1 unspecified atom stereocenters. The molecule has 1 heterocycles. The minimum Gasteiger partial charge on any atom is -0.377 e. The number of methoxy groups -OCH3 is 1. The van der Waals surface area contributed by atoms with Crippen LogP contribution >= 0.6 is 0 Å². The molecule has 0 aliphatic heterocycles. The lowest BCUT2D eigenvalue weighted by atomic mass is 10.3. The predicted octanol–water partition coefficient (Wildman–Crippen LogP) is 0.572. The first-order valence-corrected chi connectivity index (χ1v) is 4.39. The third-order valence-corrected chi connectivity index (χ3v) is 1.68. The SMILES string of the molecule is C#CC(C)NC(=O)c1cc(COC)on1. The van der Waals surface area contributed by atoms with Gasteiger partial charge in [-0.05, 0) is 6.92 Å². The van der Waals surface area contributed by atoms with Crippen LogP contribution in [0, 0.1) is 12.3 Å². The summed E-state index contributed by atoms with van der Waals surface area (Å²) in [6, 6.07) is 1.18. The molecule has 0 radical (unpaired) electrons. The highest BCUT2D eigenvalue weighted by atomic mass is 16.5. The lowest BCUT2D eigenvalue weighted by Gasteiger charge is -2.03. The van der Waals surface area contributed by atoms with Crippen molar-refractivity contribution in [1.82, 2.24) is 10.5 Å². The quantitative estimate of drug-likeness (QED) is 0.735. The highest BCUT2D eigenvalue weighted by molar-refractivity contribution is 5.92.